The summed E-state index contributed by atoms with van der Waals surface area (Å²) < 4.78 is 18.7. The van der Waals surface area contributed by atoms with Crippen LogP contribution in [0.2, 0.25) is 5.02 Å². The summed E-state index contributed by atoms with van der Waals surface area (Å²) >= 11 is 6.37. The normalized spacial score (nSPS) is 15.0. The molecule has 1 aliphatic rings. The number of fused-ring (bicyclic) bond motifs is 2. The second-order valence-corrected chi connectivity index (χ2v) is 4.65. The van der Waals surface area contributed by atoms with E-state index < -0.39 is 0 Å². The van der Waals surface area contributed by atoms with Crippen molar-refractivity contribution in [2.75, 3.05) is 6.61 Å². The Kier molecular flexibility index (Phi) is 2.53. The molecule has 2 heterocycles. The Morgan fingerprint density at radius 3 is 3.06 bits per heavy atom. The van der Waals surface area contributed by atoms with Crippen LogP contribution in [-0.4, -0.2) is 11.6 Å². The van der Waals surface area contributed by atoms with Crippen LogP contribution in [0.1, 0.15) is 16.8 Å². The first kappa shape index (κ1) is 10.9. The van der Waals surface area contributed by atoms with Gasteiger partial charge in [0.05, 0.1) is 29.4 Å². The van der Waals surface area contributed by atoms with Crippen molar-refractivity contribution in [1.29, 1.82) is 0 Å². The van der Waals surface area contributed by atoms with Crippen LogP contribution in [-0.2, 0) is 17.8 Å². The van der Waals surface area contributed by atoms with Gasteiger partial charge in [-0.15, -0.1) is 0 Å². The summed E-state index contributed by atoms with van der Waals surface area (Å²) in [6.07, 6.45) is 0.737. The molecule has 0 unspecified atom stereocenters. The van der Waals surface area contributed by atoms with Gasteiger partial charge in [0.2, 0.25) is 0 Å². The predicted molar refractivity (Wildman–Crippen MR) is 64.8 cm³/mol. The molecule has 0 N–H and O–H groups in total. The van der Waals surface area contributed by atoms with Gasteiger partial charge in [-0.2, -0.15) is 0 Å². The first-order valence-electron chi connectivity index (χ1n) is 5.51. The number of benzene rings is 1. The monoisotopic (exact) mass is 251 g/mol. The topological polar surface area (TPSA) is 22.1 Å². The molecule has 2 nitrogen and oxygen atoms in total. The van der Waals surface area contributed by atoms with Crippen LogP contribution >= 0.6 is 11.6 Å². The van der Waals surface area contributed by atoms with Gasteiger partial charge >= 0.3 is 0 Å². The van der Waals surface area contributed by atoms with E-state index in [9.17, 15) is 4.39 Å². The average Bonchev–Trinajstić information content (AvgIpc) is 2.28. The zero-order valence-electron chi connectivity index (χ0n) is 9.39. The Morgan fingerprint density at radius 2 is 2.24 bits per heavy atom. The van der Waals surface area contributed by atoms with Gasteiger partial charge in [0.25, 0.3) is 0 Å². The van der Waals surface area contributed by atoms with E-state index in [-0.39, 0.29) is 5.82 Å². The maximum atomic E-state index is 13.4. The fraction of sp³-hybridized carbons (Fsp3) is 0.308. The number of aromatic nitrogens is 1. The van der Waals surface area contributed by atoms with E-state index in [1.165, 1.54) is 12.1 Å². The van der Waals surface area contributed by atoms with E-state index in [0.717, 1.165) is 28.6 Å². The number of pyridine rings is 1. The van der Waals surface area contributed by atoms with E-state index in [0.29, 0.717) is 23.8 Å². The minimum atomic E-state index is -0.273. The van der Waals surface area contributed by atoms with Gasteiger partial charge in [-0.25, -0.2) is 4.39 Å². The molecule has 0 spiro atoms. The summed E-state index contributed by atoms with van der Waals surface area (Å²) in [5.41, 5.74) is 3.32. The Morgan fingerprint density at radius 1 is 1.41 bits per heavy atom. The lowest BCUT2D eigenvalue weighted by Crippen LogP contribution is -2.12. The number of halogens is 2. The molecule has 0 saturated heterocycles. The lowest BCUT2D eigenvalue weighted by atomic mass is 10.0. The van der Waals surface area contributed by atoms with Crippen molar-refractivity contribution >= 4 is 22.5 Å². The Labute approximate surface area is 103 Å². The van der Waals surface area contributed by atoms with Gasteiger partial charge in [-0.1, -0.05) is 11.6 Å². The standard InChI is InChI=1S/C13H11ClFNO/c1-7-4-8(15)5-11-12(7)13(14)9-6-17-3-2-10(9)16-11/h4-5H,2-3,6H2,1H3. The minimum Gasteiger partial charge on any atom is -0.376 e. The van der Waals surface area contributed by atoms with Crippen LogP contribution in [0.25, 0.3) is 10.9 Å². The third kappa shape index (κ3) is 1.70. The van der Waals surface area contributed by atoms with E-state index >= 15 is 0 Å². The SMILES string of the molecule is Cc1cc(F)cc2nc3c(c(Cl)c12)COCC3. The largest absolute Gasteiger partial charge is 0.376 e. The smallest absolute Gasteiger partial charge is 0.125 e. The molecular formula is C13H11ClFNO. The number of hydrogen-bond donors (Lipinski definition) is 0. The van der Waals surface area contributed by atoms with Crippen LogP contribution in [0.15, 0.2) is 12.1 Å². The van der Waals surface area contributed by atoms with Crippen LogP contribution in [0.4, 0.5) is 4.39 Å². The van der Waals surface area contributed by atoms with Crippen molar-refractivity contribution in [3.63, 3.8) is 0 Å². The number of hydrogen-bond acceptors (Lipinski definition) is 2. The van der Waals surface area contributed by atoms with Gasteiger partial charge in [-0.3, -0.25) is 4.98 Å². The van der Waals surface area contributed by atoms with Gasteiger partial charge in [-0.05, 0) is 18.6 Å². The summed E-state index contributed by atoms with van der Waals surface area (Å²) in [6, 6.07) is 2.91. The minimum absolute atomic E-state index is 0.273. The molecule has 0 atom stereocenters. The van der Waals surface area contributed by atoms with Crippen LogP contribution in [0, 0.1) is 12.7 Å². The summed E-state index contributed by atoms with van der Waals surface area (Å²) in [7, 11) is 0. The summed E-state index contributed by atoms with van der Waals surface area (Å²) in [5.74, 6) is -0.273. The highest BCUT2D eigenvalue weighted by Gasteiger charge is 2.18. The molecular weight excluding hydrogens is 241 g/mol. The predicted octanol–water partition coefficient (Wildman–Crippen LogP) is 3.41. The first-order valence-corrected chi connectivity index (χ1v) is 5.89. The zero-order valence-corrected chi connectivity index (χ0v) is 10.1. The van der Waals surface area contributed by atoms with Gasteiger partial charge in [0.1, 0.15) is 5.82 Å². The highest BCUT2D eigenvalue weighted by Crippen LogP contribution is 2.33. The lowest BCUT2D eigenvalue weighted by molar-refractivity contribution is 0.109. The Balaban J connectivity index is 2.40. The van der Waals surface area contributed by atoms with Crippen LogP contribution < -0.4 is 0 Å². The van der Waals surface area contributed by atoms with Crippen molar-refractivity contribution in [2.45, 2.75) is 20.0 Å². The first-order chi connectivity index (χ1) is 8.16. The second kappa shape index (κ2) is 3.93. The molecule has 4 heteroatoms. The summed E-state index contributed by atoms with van der Waals surface area (Å²) in [4.78, 5) is 4.49. The molecule has 1 aromatic heterocycles. The van der Waals surface area contributed by atoms with Gasteiger partial charge in [0.15, 0.2) is 0 Å². The molecule has 0 bridgehead atoms. The summed E-state index contributed by atoms with van der Waals surface area (Å²) in [6.45, 7) is 2.99. The quantitative estimate of drug-likeness (QED) is 0.716. The molecule has 0 amide bonds. The number of ether oxygens (including phenoxy) is 1. The highest BCUT2D eigenvalue weighted by atomic mass is 35.5. The van der Waals surface area contributed by atoms with Gasteiger partial charge < -0.3 is 4.74 Å². The van der Waals surface area contributed by atoms with E-state index in [1.54, 1.807) is 0 Å². The number of aryl methyl sites for hydroxylation is 1. The van der Waals surface area contributed by atoms with E-state index in [2.05, 4.69) is 4.98 Å². The molecule has 88 valence electrons. The lowest BCUT2D eigenvalue weighted by Gasteiger charge is -2.19. The molecule has 0 radical (unpaired) electrons. The third-order valence-electron chi connectivity index (χ3n) is 3.10. The Hall–Kier alpha value is -1.19. The van der Waals surface area contributed by atoms with Crippen LogP contribution in [0.3, 0.4) is 0 Å². The number of rotatable bonds is 0. The average molecular weight is 252 g/mol. The summed E-state index contributed by atoms with van der Waals surface area (Å²) in [5, 5.41) is 1.49. The van der Waals surface area contributed by atoms with Crippen molar-refractivity contribution in [3.05, 3.63) is 39.8 Å². The molecule has 1 aliphatic heterocycles. The maximum absolute atomic E-state index is 13.4. The molecule has 17 heavy (non-hydrogen) atoms. The second-order valence-electron chi connectivity index (χ2n) is 4.27. The molecule has 0 saturated carbocycles. The third-order valence-corrected chi connectivity index (χ3v) is 3.51. The Bertz CT molecular complexity index is 612. The number of nitrogens with zero attached hydrogens (tertiary/aromatic N) is 1. The fourth-order valence-corrected chi connectivity index (χ4v) is 2.70. The maximum Gasteiger partial charge on any atom is 0.125 e. The molecule has 2 aromatic rings. The highest BCUT2D eigenvalue weighted by molar-refractivity contribution is 6.36. The molecule has 0 fully saturated rings. The van der Waals surface area contributed by atoms with Gasteiger partial charge in [0, 0.05) is 23.4 Å². The molecule has 3 rings (SSSR count). The fourth-order valence-electron chi connectivity index (χ4n) is 2.29. The molecule has 1 aromatic carbocycles. The van der Waals surface area contributed by atoms with Crippen molar-refractivity contribution in [3.8, 4) is 0 Å². The van der Waals surface area contributed by atoms with Crippen LogP contribution in [0.5, 0.6) is 0 Å². The van der Waals surface area contributed by atoms with E-state index in [4.69, 9.17) is 16.3 Å². The zero-order chi connectivity index (χ0) is 12.0. The van der Waals surface area contributed by atoms with Crippen molar-refractivity contribution in [2.24, 2.45) is 0 Å². The van der Waals surface area contributed by atoms with Crippen molar-refractivity contribution in [1.82, 2.24) is 4.98 Å². The van der Waals surface area contributed by atoms with E-state index in [1.807, 2.05) is 6.92 Å². The molecule has 0 aliphatic carbocycles. The van der Waals surface area contributed by atoms with Crippen molar-refractivity contribution < 1.29 is 9.13 Å².